The number of rotatable bonds is 5. The van der Waals surface area contributed by atoms with E-state index in [0.29, 0.717) is 9.13 Å². The van der Waals surface area contributed by atoms with Crippen LogP contribution in [0, 0.1) is 15.2 Å². The van der Waals surface area contributed by atoms with Gasteiger partial charge in [0, 0.05) is 9.99 Å². The molecule has 0 aliphatic carbocycles. The predicted octanol–water partition coefficient (Wildman–Crippen LogP) is 3.19. The maximum absolute atomic E-state index is 14.1. The van der Waals surface area contributed by atoms with Crippen LogP contribution in [0.1, 0.15) is 11.6 Å². The van der Waals surface area contributed by atoms with Crippen LogP contribution in [-0.4, -0.2) is 20.6 Å². The van der Waals surface area contributed by atoms with Crippen LogP contribution >= 0.6 is 22.6 Å². The first-order valence-electron chi connectivity index (χ1n) is 7.84. The molecule has 0 saturated carbocycles. The fourth-order valence-electron chi connectivity index (χ4n) is 2.62. The van der Waals surface area contributed by atoms with E-state index in [1.807, 2.05) is 22.6 Å². The summed E-state index contributed by atoms with van der Waals surface area (Å²) in [6.45, 7) is 0. The maximum Gasteiger partial charge on any atom is 0.329 e. The van der Waals surface area contributed by atoms with Crippen LogP contribution < -0.4 is 11.0 Å². The molecule has 3 N–H and O–H groups in total. The van der Waals surface area contributed by atoms with Crippen LogP contribution in [0.2, 0.25) is 0 Å². The number of halogens is 3. The molecular formula is C18H14F2IN3O3. The van der Waals surface area contributed by atoms with Crippen molar-refractivity contribution < 1.29 is 18.7 Å². The molecule has 0 bridgehead atoms. The number of benzene rings is 2. The van der Waals surface area contributed by atoms with E-state index >= 15 is 0 Å². The number of H-pyrrole nitrogens is 1. The minimum atomic E-state index is -1.17. The Kier molecular flexibility index (Phi) is 5.59. The Balaban J connectivity index is 1.94. The van der Waals surface area contributed by atoms with Crippen molar-refractivity contribution in [1.82, 2.24) is 9.55 Å². The molecule has 3 rings (SSSR count). The van der Waals surface area contributed by atoms with E-state index in [-0.39, 0.29) is 12.1 Å². The number of carbonyl (C=O) groups is 1. The van der Waals surface area contributed by atoms with E-state index in [1.165, 1.54) is 36.4 Å². The molecule has 1 aromatic heterocycles. The number of anilines is 1. The molecule has 0 aliphatic rings. The van der Waals surface area contributed by atoms with E-state index in [9.17, 15) is 23.5 Å². The van der Waals surface area contributed by atoms with Crippen molar-refractivity contribution in [3.63, 3.8) is 0 Å². The number of aromatic hydroxyl groups is 1. The number of aromatic nitrogens is 2. The van der Waals surface area contributed by atoms with Crippen molar-refractivity contribution in [3.05, 3.63) is 79.9 Å². The SMILES string of the molecule is O=C(Nc1ccc(I)cc1F)C(Cc1ccc(F)cc1)n1c(O)c[nH]c1=O. The zero-order valence-corrected chi connectivity index (χ0v) is 15.9. The predicted molar refractivity (Wildman–Crippen MR) is 104 cm³/mol. The quantitative estimate of drug-likeness (QED) is 0.486. The van der Waals surface area contributed by atoms with E-state index in [4.69, 9.17) is 0 Å². The van der Waals surface area contributed by atoms with Gasteiger partial charge < -0.3 is 15.4 Å². The summed E-state index contributed by atoms with van der Waals surface area (Å²) in [6.07, 6.45) is 1.04. The van der Waals surface area contributed by atoms with Gasteiger partial charge in [0.05, 0.1) is 11.9 Å². The van der Waals surface area contributed by atoms with Gasteiger partial charge in [-0.2, -0.15) is 0 Å². The fraction of sp³-hybridized carbons (Fsp3) is 0.111. The average molecular weight is 485 g/mol. The molecule has 1 heterocycles. The minimum absolute atomic E-state index is 0.0105. The van der Waals surface area contributed by atoms with Crippen molar-refractivity contribution in [2.75, 3.05) is 5.32 Å². The van der Waals surface area contributed by atoms with Crippen molar-refractivity contribution in [2.45, 2.75) is 12.5 Å². The topological polar surface area (TPSA) is 87.1 Å². The average Bonchev–Trinajstić information content (AvgIpc) is 2.95. The first-order valence-corrected chi connectivity index (χ1v) is 8.92. The monoisotopic (exact) mass is 485 g/mol. The molecule has 140 valence electrons. The van der Waals surface area contributed by atoms with Gasteiger partial charge in [0.1, 0.15) is 17.7 Å². The van der Waals surface area contributed by atoms with Gasteiger partial charge >= 0.3 is 5.69 Å². The Labute approximate surface area is 166 Å². The summed E-state index contributed by atoms with van der Waals surface area (Å²) in [6, 6.07) is 8.49. The summed E-state index contributed by atoms with van der Waals surface area (Å²) in [7, 11) is 0. The molecule has 0 saturated heterocycles. The van der Waals surface area contributed by atoms with Gasteiger partial charge in [-0.25, -0.2) is 13.6 Å². The zero-order valence-electron chi connectivity index (χ0n) is 13.7. The largest absolute Gasteiger partial charge is 0.493 e. The van der Waals surface area contributed by atoms with Gasteiger partial charge in [0.2, 0.25) is 11.8 Å². The molecule has 0 radical (unpaired) electrons. The highest BCUT2D eigenvalue weighted by atomic mass is 127. The third-order valence-electron chi connectivity index (χ3n) is 3.94. The van der Waals surface area contributed by atoms with E-state index in [0.717, 1.165) is 10.8 Å². The van der Waals surface area contributed by atoms with Gasteiger partial charge in [-0.05, 0) is 58.5 Å². The van der Waals surface area contributed by atoms with Gasteiger partial charge in [0.25, 0.3) is 0 Å². The molecule has 1 unspecified atom stereocenters. The molecule has 3 aromatic rings. The van der Waals surface area contributed by atoms with Crippen molar-refractivity contribution in [1.29, 1.82) is 0 Å². The zero-order chi connectivity index (χ0) is 19.6. The number of amides is 1. The third kappa shape index (κ3) is 4.35. The second kappa shape index (κ2) is 7.91. The molecule has 6 nitrogen and oxygen atoms in total. The lowest BCUT2D eigenvalue weighted by molar-refractivity contribution is -0.119. The van der Waals surface area contributed by atoms with Gasteiger partial charge in [-0.1, -0.05) is 12.1 Å². The second-order valence-electron chi connectivity index (χ2n) is 5.78. The van der Waals surface area contributed by atoms with E-state index in [1.54, 1.807) is 6.07 Å². The normalized spacial score (nSPS) is 12.0. The van der Waals surface area contributed by atoms with Crippen LogP contribution in [0.3, 0.4) is 0 Å². The summed E-state index contributed by atoms with van der Waals surface area (Å²) in [5.74, 6) is -2.20. The van der Waals surface area contributed by atoms with Crippen LogP contribution in [0.25, 0.3) is 0 Å². The Morgan fingerprint density at radius 3 is 2.52 bits per heavy atom. The Morgan fingerprint density at radius 1 is 1.22 bits per heavy atom. The Hall–Kier alpha value is -2.69. The number of nitrogens with zero attached hydrogens (tertiary/aromatic N) is 1. The number of imidazole rings is 1. The molecule has 9 heteroatoms. The van der Waals surface area contributed by atoms with E-state index in [2.05, 4.69) is 10.3 Å². The molecule has 1 atom stereocenters. The highest BCUT2D eigenvalue weighted by Crippen LogP contribution is 2.23. The lowest BCUT2D eigenvalue weighted by Gasteiger charge is -2.19. The lowest BCUT2D eigenvalue weighted by atomic mass is 10.0. The number of aromatic amines is 1. The summed E-state index contributed by atoms with van der Waals surface area (Å²) < 4.78 is 28.7. The molecule has 2 aromatic carbocycles. The number of nitrogens with one attached hydrogen (secondary N) is 2. The summed E-state index contributed by atoms with van der Waals surface area (Å²) >= 11 is 1.94. The summed E-state index contributed by atoms with van der Waals surface area (Å²) in [5, 5.41) is 12.4. The Bertz CT molecular complexity index is 1030. The molecular weight excluding hydrogens is 471 g/mol. The van der Waals surface area contributed by atoms with Crippen molar-refractivity contribution in [3.8, 4) is 5.88 Å². The summed E-state index contributed by atoms with van der Waals surface area (Å²) in [5.41, 5.74) is -0.183. The van der Waals surface area contributed by atoms with Gasteiger partial charge in [-0.3, -0.25) is 9.36 Å². The minimum Gasteiger partial charge on any atom is -0.493 e. The highest BCUT2D eigenvalue weighted by molar-refractivity contribution is 14.1. The fourth-order valence-corrected chi connectivity index (χ4v) is 3.08. The number of hydrogen-bond acceptors (Lipinski definition) is 3. The lowest BCUT2D eigenvalue weighted by Crippen LogP contribution is -2.33. The number of carbonyl (C=O) groups excluding carboxylic acids is 1. The molecule has 0 aliphatic heterocycles. The van der Waals surface area contributed by atoms with Crippen LogP contribution in [0.15, 0.2) is 53.5 Å². The standard InChI is InChI=1S/C18H14F2IN3O3/c19-11-3-1-10(2-4-11)7-15(24-16(25)9-22-18(24)27)17(26)23-14-6-5-12(21)8-13(14)20/h1-6,8-9,15,25H,7H2,(H,22,27)(H,23,26). The molecule has 0 spiro atoms. The highest BCUT2D eigenvalue weighted by Gasteiger charge is 2.26. The smallest absolute Gasteiger partial charge is 0.329 e. The maximum atomic E-state index is 14.1. The van der Waals surface area contributed by atoms with Crippen molar-refractivity contribution >= 4 is 34.2 Å². The summed E-state index contributed by atoms with van der Waals surface area (Å²) in [4.78, 5) is 27.1. The second-order valence-corrected chi connectivity index (χ2v) is 7.03. The number of hydrogen-bond donors (Lipinski definition) is 3. The van der Waals surface area contributed by atoms with Crippen molar-refractivity contribution in [2.24, 2.45) is 0 Å². The van der Waals surface area contributed by atoms with E-state index < -0.39 is 35.2 Å². The van der Waals surface area contributed by atoms with Crippen LogP contribution in [0.4, 0.5) is 14.5 Å². The van der Waals surface area contributed by atoms with Crippen LogP contribution in [0.5, 0.6) is 5.88 Å². The first kappa shape index (κ1) is 19.1. The van der Waals surface area contributed by atoms with Gasteiger partial charge in [0.15, 0.2) is 0 Å². The molecule has 1 amide bonds. The molecule has 0 fully saturated rings. The first-order chi connectivity index (χ1) is 12.8. The molecule has 27 heavy (non-hydrogen) atoms. The van der Waals surface area contributed by atoms with Gasteiger partial charge in [-0.15, -0.1) is 0 Å². The Morgan fingerprint density at radius 2 is 1.93 bits per heavy atom. The third-order valence-corrected chi connectivity index (χ3v) is 4.61. The van der Waals surface area contributed by atoms with Crippen LogP contribution in [-0.2, 0) is 11.2 Å².